The summed E-state index contributed by atoms with van der Waals surface area (Å²) in [6.07, 6.45) is 0.00645. The molecule has 0 saturated carbocycles. The molecule has 1 aromatic rings. The normalized spacial score (nSPS) is 20.3. The van der Waals surface area contributed by atoms with Crippen LogP contribution in [-0.2, 0) is 16.0 Å². The first-order valence-electron chi connectivity index (χ1n) is 10.8. The van der Waals surface area contributed by atoms with E-state index in [-0.39, 0.29) is 30.3 Å². The molecule has 0 radical (unpaired) electrons. The van der Waals surface area contributed by atoms with Crippen LogP contribution in [0.2, 0.25) is 0 Å². The molecule has 0 spiro atoms. The zero-order valence-electron chi connectivity index (χ0n) is 18.8. The van der Waals surface area contributed by atoms with Gasteiger partial charge in [0.2, 0.25) is 5.91 Å². The molecule has 1 aromatic carbocycles. The average molecular weight is 420 g/mol. The van der Waals surface area contributed by atoms with Gasteiger partial charge >= 0.3 is 5.97 Å². The Morgan fingerprint density at radius 3 is 2.47 bits per heavy atom. The van der Waals surface area contributed by atoms with Crippen LogP contribution in [0.15, 0.2) is 24.3 Å². The van der Waals surface area contributed by atoms with Crippen LogP contribution in [0.1, 0.15) is 46.6 Å². The lowest BCUT2D eigenvalue weighted by Gasteiger charge is -2.48. The molecule has 1 amide bonds. The smallest absolute Gasteiger partial charge is 0.306 e. The van der Waals surface area contributed by atoms with Crippen LogP contribution in [-0.4, -0.2) is 64.3 Å². The Morgan fingerprint density at radius 2 is 1.90 bits per heavy atom. The van der Waals surface area contributed by atoms with Crippen molar-refractivity contribution in [3.05, 3.63) is 29.8 Å². The number of benzene rings is 1. The van der Waals surface area contributed by atoms with Gasteiger partial charge in [-0.25, -0.2) is 0 Å². The molecule has 0 aromatic heterocycles. The van der Waals surface area contributed by atoms with Gasteiger partial charge in [-0.1, -0.05) is 39.0 Å². The number of aliphatic carboxylic acids is 1. The van der Waals surface area contributed by atoms with Gasteiger partial charge in [0.15, 0.2) is 0 Å². The minimum absolute atomic E-state index is 0.00232. The van der Waals surface area contributed by atoms with E-state index in [1.807, 2.05) is 47.9 Å². The molecule has 30 heavy (non-hydrogen) atoms. The van der Waals surface area contributed by atoms with Crippen LogP contribution in [0.5, 0.6) is 0 Å². The molecule has 4 N–H and O–H groups in total. The number of carbonyl (C=O) groups is 2. The zero-order valence-corrected chi connectivity index (χ0v) is 18.8. The Kier molecular flexibility index (Phi) is 8.02. The molecule has 168 valence electrons. The van der Waals surface area contributed by atoms with Gasteiger partial charge < -0.3 is 20.8 Å². The molecule has 1 heterocycles. The number of piperazine rings is 1. The van der Waals surface area contributed by atoms with Crippen molar-refractivity contribution in [1.82, 2.24) is 4.90 Å². The third-order valence-electron chi connectivity index (χ3n) is 6.23. The van der Waals surface area contributed by atoms with Crippen molar-refractivity contribution in [2.24, 2.45) is 17.6 Å². The van der Waals surface area contributed by atoms with Gasteiger partial charge in [0, 0.05) is 30.4 Å². The van der Waals surface area contributed by atoms with Crippen LogP contribution in [0, 0.1) is 11.8 Å². The minimum atomic E-state index is -0.946. The Balaban J connectivity index is 2.09. The second kappa shape index (κ2) is 9.90. The maximum atomic E-state index is 13.0. The summed E-state index contributed by atoms with van der Waals surface area (Å²) in [5.41, 5.74) is 7.99. The van der Waals surface area contributed by atoms with Gasteiger partial charge in [-0.3, -0.25) is 14.5 Å². The van der Waals surface area contributed by atoms with Crippen molar-refractivity contribution in [3.63, 3.8) is 0 Å². The first-order chi connectivity index (χ1) is 14.0. The molecule has 0 bridgehead atoms. The summed E-state index contributed by atoms with van der Waals surface area (Å²) in [6, 6.07) is 7.32. The number of hydrogen-bond acceptors (Lipinski definition) is 5. The van der Waals surface area contributed by atoms with Crippen molar-refractivity contribution in [3.8, 4) is 0 Å². The largest absolute Gasteiger partial charge is 0.481 e. The fraction of sp³-hybridized carbons (Fsp3) is 0.652. The Labute approximate surface area is 179 Å². The number of nitrogens with two attached hydrogens (primary N) is 1. The molecule has 7 heteroatoms. The number of amides is 1. The lowest BCUT2D eigenvalue weighted by molar-refractivity contribution is -0.144. The summed E-state index contributed by atoms with van der Waals surface area (Å²) in [5, 5.41) is 19.9. The summed E-state index contributed by atoms with van der Waals surface area (Å²) >= 11 is 0. The predicted octanol–water partition coefficient (Wildman–Crippen LogP) is 2.11. The highest BCUT2D eigenvalue weighted by atomic mass is 16.4. The standard InChI is InChI=1S/C23H37N3O4/c1-6-16-9-7-8-10-19(16)26-14-23(4,5)25(13-21(26)28)12-18(24)20(27)11-17(15(2)3)22(29)30/h7-10,15,17-18,20,27H,6,11-14,24H2,1-5H3,(H,29,30)/t17-,18-,20-/m0/s1. The Bertz CT molecular complexity index is 750. The maximum Gasteiger partial charge on any atom is 0.306 e. The second-order valence-electron chi connectivity index (χ2n) is 9.31. The van der Waals surface area contributed by atoms with Gasteiger partial charge in [-0.05, 0) is 44.2 Å². The summed E-state index contributed by atoms with van der Waals surface area (Å²) in [4.78, 5) is 28.3. The average Bonchev–Trinajstić information content (AvgIpc) is 2.67. The molecule has 1 fully saturated rings. The number of para-hydroxylation sites is 1. The highest BCUT2D eigenvalue weighted by Crippen LogP contribution is 2.29. The number of anilines is 1. The molecule has 3 atom stereocenters. The SMILES string of the molecule is CCc1ccccc1N1CC(C)(C)N(C[C@H](N)[C@@H](O)C[C@H](C(=O)O)C(C)C)CC1=O. The van der Waals surface area contributed by atoms with Crippen molar-refractivity contribution in [1.29, 1.82) is 0 Å². The molecule has 0 unspecified atom stereocenters. The fourth-order valence-corrected chi connectivity index (χ4v) is 4.11. The molecule has 2 rings (SSSR count). The zero-order chi connectivity index (χ0) is 22.6. The minimum Gasteiger partial charge on any atom is -0.481 e. The number of carbonyl (C=O) groups excluding carboxylic acids is 1. The molecular weight excluding hydrogens is 382 g/mol. The van der Waals surface area contributed by atoms with Crippen LogP contribution in [0.25, 0.3) is 0 Å². The first-order valence-corrected chi connectivity index (χ1v) is 10.8. The monoisotopic (exact) mass is 419 g/mol. The van der Waals surface area contributed by atoms with E-state index in [2.05, 4.69) is 20.8 Å². The number of carboxylic acids is 1. The van der Waals surface area contributed by atoms with Gasteiger partial charge in [0.05, 0.1) is 18.6 Å². The third-order valence-corrected chi connectivity index (χ3v) is 6.23. The van der Waals surface area contributed by atoms with E-state index in [4.69, 9.17) is 5.73 Å². The summed E-state index contributed by atoms with van der Waals surface area (Å²) in [5.74, 6) is -1.66. The molecular formula is C23H37N3O4. The van der Waals surface area contributed by atoms with E-state index < -0.39 is 24.0 Å². The summed E-state index contributed by atoms with van der Waals surface area (Å²) in [7, 11) is 0. The van der Waals surface area contributed by atoms with E-state index in [0.717, 1.165) is 17.7 Å². The van der Waals surface area contributed by atoms with E-state index in [9.17, 15) is 19.8 Å². The number of rotatable bonds is 9. The van der Waals surface area contributed by atoms with Crippen LogP contribution in [0.4, 0.5) is 5.69 Å². The Hall–Kier alpha value is -1.96. The first kappa shape index (κ1) is 24.3. The van der Waals surface area contributed by atoms with Crippen molar-refractivity contribution < 1.29 is 19.8 Å². The maximum absolute atomic E-state index is 13.0. The van der Waals surface area contributed by atoms with Crippen molar-refractivity contribution in [2.45, 2.75) is 65.1 Å². The summed E-state index contributed by atoms with van der Waals surface area (Å²) < 4.78 is 0. The van der Waals surface area contributed by atoms with Gasteiger partial charge in [0.1, 0.15) is 0 Å². The topological polar surface area (TPSA) is 107 Å². The van der Waals surface area contributed by atoms with E-state index in [0.29, 0.717) is 13.1 Å². The number of aliphatic hydroxyl groups is 1. The van der Waals surface area contributed by atoms with Crippen LogP contribution >= 0.6 is 0 Å². The van der Waals surface area contributed by atoms with E-state index in [1.54, 1.807) is 0 Å². The molecule has 1 saturated heterocycles. The lowest BCUT2D eigenvalue weighted by Crippen LogP contribution is -2.64. The molecule has 0 aliphatic carbocycles. The van der Waals surface area contributed by atoms with Crippen molar-refractivity contribution >= 4 is 17.6 Å². The highest BCUT2D eigenvalue weighted by molar-refractivity contribution is 5.96. The number of nitrogens with zero attached hydrogens (tertiary/aromatic N) is 2. The quantitative estimate of drug-likeness (QED) is 0.566. The van der Waals surface area contributed by atoms with Crippen LogP contribution in [0.3, 0.4) is 0 Å². The number of aliphatic hydroxyl groups excluding tert-OH is 1. The molecule has 7 nitrogen and oxygen atoms in total. The Morgan fingerprint density at radius 1 is 1.27 bits per heavy atom. The molecule has 1 aliphatic heterocycles. The number of hydrogen-bond donors (Lipinski definition) is 3. The van der Waals surface area contributed by atoms with Crippen molar-refractivity contribution in [2.75, 3.05) is 24.5 Å². The van der Waals surface area contributed by atoms with E-state index in [1.165, 1.54) is 0 Å². The van der Waals surface area contributed by atoms with Crippen LogP contribution < -0.4 is 10.6 Å². The second-order valence-corrected chi connectivity index (χ2v) is 9.31. The van der Waals surface area contributed by atoms with Gasteiger partial charge in [0.25, 0.3) is 0 Å². The predicted molar refractivity (Wildman–Crippen MR) is 118 cm³/mol. The van der Waals surface area contributed by atoms with Gasteiger partial charge in [-0.15, -0.1) is 0 Å². The fourth-order valence-electron chi connectivity index (χ4n) is 4.11. The highest BCUT2D eigenvalue weighted by Gasteiger charge is 2.40. The van der Waals surface area contributed by atoms with E-state index >= 15 is 0 Å². The van der Waals surface area contributed by atoms with Gasteiger partial charge in [-0.2, -0.15) is 0 Å². The third kappa shape index (κ3) is 5.59. The number of aryl methyl sites for hydroxylation is 1. The molecule has 1 aliphatic rings. The summed E-state index contributed by atoms with van der Waals surface area (Å²) in [6.45, 7) is 10.9. The number of carboxylic acid groups (broad SMARTS) is 1. The lowest BCUT2D eigenvalue weighted by atomic mass is 9.87.